The first-order valence-corrected chi connectivity index (χ1v) is 8.82. The van der Waals surface area contributed by atoms with Crippen LogP contribution in [0.1, 0.15) is 30.0 Å². The van der Waals surface area contributed by atoms with Crippen LogP contribution < -0.4 is 10.6 Å². The lowest BCUT2D eigenvalue weighted by atomic mass is 10.0. The molecule has 162 valence electrons. The van der Waals surface area contributed by atoms with E-state index in [0.717, 1.165) is 30.7 Å². The largest absolute Gasteiger partial charge is 0.416 e. The molecule has 1 heterocycles. The summed E-state index contributed by atoms with van der Waals surface area (Å²) in [7, 11) is 1.83. The maximum Gasteiger partial charge on any atom is 0.416 e. The minimum atomic E-state index is -4.35. The Kier molecular flexibility index (Phi) is 12.7. The maximum atomic E-state index is 12.8. The van der Waals surface area contributed by atoms with Gasteiger partial charge in [0.2, 0.25) is 5.91 Å². The molecule has 0 aromatic heterocycles. The Bertz CT molecular complexity index is 568. The van der Waals surface area contributed by atoms with Crippen molar-refractivity contribution in [3.8, 4) is 0 Å². The summed E-state index contributed by atoms with van der Waals surface area (Å²) >= 11 is 0. The number of nitrogens with one attached hydrogen (secondary N) is 2. The quantitative estimate of drug-likeness (QED) is 0.603. The molecule has 2 N–H and O–H groups in total. The van der Waals surface area contributed by atoms with Gasteiger partial charge in [0.25, 0.3) is 0 Å². The van der Waals surface area contributed by atoms with E-state index >= 15 is 0 Å². The average molecular weight is 446 g/mol. The average Bonchev–Trinajstić information content (AvgIpc) is 2.63. The Morgan fingerprint density at radius 3 is 2.32 bits per heavy atom. The molecule has 5 nitrogen and oxygen atoms in total. The molecule has 1 aromatic rings. The van der Waals surface area contributed by atoms with Gasteiger partial charge in [-0.15, -0.1) is 24.8 Å². The SMILES string of the molecule is CNCCCC(=O)NCC(c1ccc(C(F)(F)F)cc1)N1CCOCC1.Cl.Cl. The number of benzene rings is 1. The van der Waals surface area contributed by atoms with Gasteiger partial charge in [0, 0.05) is 26.1 Å². The van der Waals surface area contributed by atoms with Crippen LogP contribution in [0.5, 0.6) is 0 Å². The van der Waals surface area contributed by atoms with E-state index in [-0.39, 0.29) is 36.8 Å². The lowest BCUT2D eigenvalue weighted by Gasteiger charge is -2.35. The van der Waals surface area contributed by atoms with Crippen molar-refractivity contribution in [1.82, 2.24) is 15.5 Å². The third-order valence-corrected chi connectivity index (χ3v) is 4.43. The van der Waals surface area contributed by atoms with E-state index < -0.39 is 11.7 Å². The van der Waals surface area contributed by atoms with Gasteiger partial charge < -0.3 is 15.4 Å². The molecule has 1 amide bonds. The zero-order valence-electron chi connectivity index (χ0n) is 15.8. The number of carbonyl (C=O) groups excluding carboxylic acids is 1. The number of alkyl halides is 3. The molecular weight excluding hydrogens is 418 g/mol. The molecule has 1 saturated heterocycles. The van der Waals surface area contributed by atoms with Crippen LogP contribution in [0, 0.1) is 0 Å². The van der Waals surface area contributed by atoms with Gasteiger partial charge in [-0.05, 0) is 37.7 Å². The third-order valence-electron chi connectivity index (χ3n) is 4.43. The molecule has 10 heteroatoms. The Morgan fingerprint density at radius 1 is 1.18 bits per heavy atom. The second-order valence-corrected chi connectivity index (χ2v) is 6.30. The van der Waals surface area contributed by atoms with Gasteiger partial charge in [-0.3, -0.25) is 9.69 Å². The number of rotatable bonds is 8. The molecule has 1 atom stereocenters. The first-order chi connectivity index (χ1) is 12.4. The Balaban J connectivity index is 0.00000364. The van der Waals surface area contributed by atoms with Crippen LogP contribution in [0.25, 0.3) is 0 Å². The monoisotopic (exact) mass is 445 g/mol. The topological polar surface area (TPSA) is 53.6 Å². The van der Waals surface area contributed by atoms with Gasteiger partial charge in [-0.1, -0.05) is 12.1 Å². The lowest BCUT2D eigenvalue weighted by Crippen LogP contribution is -2.43. The molecule has 2 rings (SSSR count). The van der Waals surface area contributed by atoms with E-state index in [1.165, 1.54) is 12.1 Å². The van der Waals surface area contributed by atoms with Gasteiger partial charge in [0.15, 0.2) is 0 Å². The molecule has 0 radical (unpaired) electrons. The van der Waals surface area contributed by atoms with Crippen molar-refractivity contribution in [3.05, 3.63) is 35.4 Å². The molecule has 1 unspecified atom stereocenters. The number of carbonyl (C=O) groups is 1. The van der Waals surface area contributed by atoms with Crippen LogP contribution in [-0.4, -0.2) is 57.2 Å². The summed E-state index contributed by atoms with van der Waals surface area (Å²) in [6.45, 7) is 3.64. The number of ether oxygens (including phenoxy) is 1. The van der Waals surface area contributed by atoms with Crippen molar-refractivity contribution in [2.24, 2.45) is 0 Å². The van der Waals surface area contributed by atoms with E-state index in [9.17, 15) is 18.0 Å². The highest BCUT2D eigenvalue weighted by molar-refractivity contribution is 5.85. The molecule has 0 aliphatic carbocycles. The molecule has 1 aromatic carbocycles. The summed E-state index contributed by atoms with van der Waals surface area (Å²) in [4.78, 5) is 14.1. The second-order valence-electron chi connectivity index (χ2n) is 6.30. The molecule has 1 aliphatic rings. The van der Waals surface area contributed by atoms with Crippen molar-refractivity contribution in [2.75, 3.05) is 46.4 Å². The number of hydrogen-bond acceptors (Lipinski definition) is 4. The summed E-state index contributed by atoms with van der Waals surface area (Å²) in [5.41, 5.74) is 0.0912. The molecular formula is C18H28Cl2F3N3O2. The summed E-state index contributed by atoms with van der Waals surface area (Å²) in [5.74, 6) is -0.0505. The highest BCUT2D eigenvalue weighted by Gasteiger charge is 2.31. The summed E-state index contributed by atoms with van der Waals surface area (Å²) < 4.78 is 43.7. The van der Waals surface area contributed by atoms with Crippen molar-refractivity contribution in [3.63, 3.8) is 0 Å². The van der Waals surface area contributed by atoms with Gasteiger partial charge >= 0.3 is 6.18 Å². The maximum absolute atomic E-state index is 12.8. The molecule has 1 aliphatic heterocycles. The van der Waals surface area contributed by atoms with Gasteiger partial charge in [-0.25, -0.2) is 0 Å². The first kappa shape index (κ1) is 26.9. The fraction of sp³-hybridized carbons (Fsp3) is 0.611. The minimum absolute atomic E-state index is 0. The van der Waals surface area contributed by atoms with Gasteiger partial charge in [0.1, 0.15) is 0 Å². The number of amides is 1. The molecule has 0 bridgehead atoms. The van der Waals surface area contributed by atoms with E-state index in [2.05, 4.69) is 15.5 Å². The Hall–Kier alpha value is -1.06. The summed E-state index contributed by atoms with van der Waals surface area (Å²) in [5, 5.41) is 5.90. The Morgan fingerprint density at radius 2 is 1.79 bits per heavy atom. The Labute approximate surface area is 176 Å². The normalized spacial score (nSPS) is 15.9. The van der Waals surface area contributed by atoms with Crippen LogP contribution in [0.15, 0.2) is 24.3 Å². The predicted molar refractivity (Wildman–Crippen MR) is 107 cm³/mol. The number of hydrogen-bond donors (Lipinski definition) is 2. The summed E-state index contributed by atoms with van der Waals surface area (Å²) in [6, 6.07) is 5.01. The molecule has 0 spiro atoms. The van der Waals surface area contributed by atoms with Crippen molar-refractivity contribution in [2.45, 2.75) is 25.1 Å². The predicted octanol–water partition coefficient (Wildman–Crippen LogP) is 3.04. The minimum Gasteiger partial charge on any atom is -0.379 e. The van der Waals surface area contributed by atoms with E-state index in [0.29, 0.717) is 39.3 Å². The van der Waals surface area contributed by atoms with Crippen LogP contribution in [-0.2, 0) is 15.7 Å². The van der Waals surface area contributed by atoms with Crippen molar-refractivity contribution < 1.29 is 22.7 Å². The van der Waals surface area contributed by atoms with E-state index in [4.69, 9.17) is 4.74 Å². The van der Waals surface area contributed by atoms with E-state index in [1.54, 1.807) is 0 Å². The van der Waals surface area contributed by atoms with Crippen molar-refractivity contribution in [1.29, 1.82) is 0 Å². The number of halogens is 5. The zero-order valence-corrected chi connectivity index (χ0v) is 17.4. The third kappa shape index (κ3) is 8.53. The lowest BCUT2D eigenvalue weighted by molar-refractivity contribution is -0.137. The van der Waals surface area contributed by atoms with Crippen LogP contribution in [0.2, 0.25) is 0 Å². The fourth-order valence-corrected chi connectivity index (χ4v) is 2.97. The van der Waals surface area contributed by atoms with Crippen LogP contribution in [0.4, 0.5) is 13.2 Å². The highest BCUT2D eigenvalue weighted by atomic mass is 35.5. The van der Waals surface area contributed by atoms with Gasteiger partial charge in [-0.2, -0.15) is 13.2 Å². The standard InChI is InChI=1S/C18H26F3N3O2.2ClH/c1-22-8-2-3-17(25)23-13-16(24-9-11-26-12-10-24)14-4-6-15(7-5-14)18(19,20)21;;/h4-7,16,22H,2-3,8-13H2,1H3,(H,23,25);2*1H. The second kappa shape index (κ2) is 13.2. The first-order valence-electron chi connectivity index (χ1n) is 8.82. The van der Waals surface area contributed by atoms with E-state index in [1.807, 2.05) is 7.05 Å². The van der Waals surface area contributed by atoms with Crippen LogP contribution >= 0.6 is 24.8 Å². The van der Waals surface area contributed by atoms with Gasteiger partial charge in [0.05, 0.1) is 24.8 Å². The van der Waals surface area contributed by atoms with Crippen molar-refractivity contribution >= 4 is 30.7 Å². The smallest absolute Gasteiger partial charge is 0.379 e. The number of nitrogens with zero attached hydrogens (tertiary/aromatic N) is 1. The zero-order chi connectivity index (χ0) is 19.0. The number of morpholine rings is 1. The molecule has 0 saturated carbocycles. The summed E-state index contributed by atoms with van der Waals surface area (Å²) in [6.07, 6.45) is -3.19. The van der Waals surface area contributed by atoms with Crippen LogP contribution in [0.3, 0.4) is 0 Å². The molecule has 28 heavy (non-hydrogen) atoms. The fourth-order valence-electron chi connectivity index (χ4n) is 2.97. The molecule has 1 fully saturated rings. The highest BCUT2D eigenvalue weighted by Crippen LogP contribution is 2.31.